The molecule has 0 aromatic heterocycles. The van der Waals surface area contributed by atoms with Crippen LogP contribution in [0.2, 0.25) is 5.02 Å². The van der Waals surface area contributed by atoms with E-state index >= 15 is 0 Å². The quantitative estimate of drug-likeness (QED) is 0.217. The van der Waals surface area contributed by atoms with Gasteiger partial charge in [0, 0.05) is 0 Å². The Morgan fingerprint density at radius 2 is 1.24 bits per heavy atom. The van der Waals surface area contributed by atoms with Gasteiger partial charge in [-0.05, 0) is 35.4 Å². The summed E-state index contributed by atoms with van der Waals surface area (Å²) >= 11 is 7.28. The third-order valence-electron chi connectivity index (χ3n) is 7.83. The van der Waals surface area contributed by atoms with Crippen molar-refractivity contribution >= 4 is 14.8 Å². The summed E-state index contributed by atoms with van der Waals surface area (Å²) in [6.45, 7) is 18.2. The Morgan fingerprint density at radius 3 is 1.76 bits per heavy atom. The molecule has 0 heterocycles. The first kappa shape index (κ1) is 39.0. The maximum absolute atomic E-state index is 5.86. The fraction of sp³-hybridized carbons (Fsp3) is 0.268. The molecular formula is C41H43Cl3Zr-2. The molecule has 0 spiro atoms. The molecule has 0 N–H and O–H groups in total. The van der Waals surface area contributed by atoms with E-state index in [-0.39, 0.29) is 35.6 Å². The SMILES string of the molecule is Cc1[c-]c2c(cc1C(C)(C)C)-c1cc(C(C)(C)C)c(C)cc1C2.Clc1ccc([C](=[Zr+2])c2ccccc2)cc1.[Cl-].[Cl-].c1cc[cH-]c1. The topological polar surface area (TPSA) is 0 Å². The van der Waals surface area contributed by atoms with Crippen LogP contribution in [0.5, 0.6) is 0 Å². The van der Waals surface area contributed by atoms with E-state index in [9.17, 15) is 0 Å². The van der Waals surface area contributed by atoms with Crippen LogP contribution in [-0.2, 0) is 41.5 Å². The van der Waals surface area contributed by atoms with Gasteiger partial charge in [-0.3, -0.25) is 0 Å². The van der Waals surface area contributed by atoms with E-state index in [1.807, 2.05) is 48.5 Å². The summed E-state index contributed by atoms with van der Waals surface area (Å²) in [5.74, 6) is 0. The summed E-state index contributed by atoms with van der Waals surface area (Å²) in [6.07, 6.45) is 1.03. The fourth-order valence-corrected chi connectivity index (χ4v) is 6.68. The van der Waals surface area contributed by atoms with Crippen molar-refractivity contribution in [1.29, 1.82) is 0 Å². The van der Waals surface area contributed by atoms with Crippen molar-refractivity contribution < 1.29 is 49.0 Å². The van der Waals surface area contributed by atoms with Crippen LogP contribution in [0.4, 0.5) is 0 Å². The fourth-order valence-electron chi connectivity index (χ4n) is 5.73. The zero-order valence-corrected chi connectivity index (χ0v) is 32.4. The molecule has 234 valence electrons. The Bertz CT molecular complexity index is 1580. The van der Waals surface area contributed by atoms with E-state index in [1.165, 1.54) is 83.1 Å². The zero-order chi connectivity index (χ0) is 31.4. The van der Waals surface area contributed by atoms with Gasteiger partial charge >= 0.3 is 110 Å². The van der Waals surface area contributed by atoms with Gasteiger partial charge in [-0.1, -0.05) is 71.6 Å². The zero-order valence-electron chi connectivity index (χ0n) is 27.7. The van der Waals surface area contributed by atoms with E-state index in [4.69, 9.17) is 11.6 Å². The van der Waals surface area contributed by atoms with Crippen molar-refractivity contribution in [3.8, 4) is 11.1 Å². The minimum absolute atomic E-state index is 0. The third kappa shape index (κ3) is 10.2. The summed E-state index contributed by atoms with van der Waals surface area (Å²) in [4.78, 5) is 0. The van der Waals surface area contributed by atoms with E-state index in [2.05, 4.69) is 116 Å². The first-order chi connectivity index (χ1) is 20.3. The number of hydrogen-bond acceptors (Lipinski definition) is 0. The molecule has 0 radical (unpaired) electrons. The molecule has 0 aliphatic heterocycles. The number of rotatable bonds is 2. The number of aryl methyl sites for hydroxylation is 2. The Kier molecular flexibility index (Phi) is 14.4. The van der Waals surface area contributed by atoms with Crippen molar-refractivity contribution in [3.05, 3.63) is 159 Å². The predicted octanol–water partition coefficient (Wildman–Crippen LogP) is 5.14. The van der Waals surface area contributed by atoms with E-state index < -0.39 is 0 Å². The Balaban J connectivity index is 0.000000275. The van der Waals surface area contributed by atoms with Gasteiger partial charge in [0.1, 0.15) is 0 Å². The molecule has 0 unspecified atom stereocenters. The summed E-state index contributed by atoms with van der Waals surface area (Å²) < 4.78 is 1.36. The molecule has 0 atom stereocenters. The number of hydrogen-bond donors (Lipinski definition) is 0. The van der Waals surface area contributed by atoms with Crippen LogP contribution in [0.1, 0.15) is 86.1 Å². The van der Waals surface area contributed by atoms with Gasteiger partial charge in [0.15, 0.2) is 0 Å². The normalized spacial score (nSPS) is 11.4. The molecule has 1 aliphatic rings. The predicted molar refractivity (Wildman–Crippen MR) is 184 cm³/mol. The van der Waals surface area contributed by atoms with Gasteiger partial charge in [-0.25, -0.2) is 12.1 Å². The molecule has 5 aromatic carbocycles. The number of benzene rings is 4. The molecule has 5 aromatic rings. The van der Waals surface area contributed by atoms with Crippen LogP contribution in [0, 0.1) is 19.9 Å². The monoisotopic (exact) mass is 730 g/mol. The van der Waals surface area contributed by atoms with Crippen molar-refractivity contribution in [3.63, 3.8) is 0 Å². The van der Waals surface area contributed by atoms with Crippen LogP contribution >= 0.6 is 11.6 Å². The van der Waals surface area contributed by atoms with Crippen LogP contribution in [-0.4, -0.2) is 3.21 Å². The summed E-state index contributed by atoms with van der Waals surface area (Å²) in [6, 6.07) is 39.4. The number of halogens is 3. The standard InChI is InChI=1S/C23H29.C13H9Cl.C5H5.2ClH.Zr/c1-14-9-16-11-17-10-15(2)21(23(6,7)8)13-19(17)18(16)12-20(14)22(3,4)5;14-13-8-6-12(7-9-13)10-11-4-2-1-3-5-11;1-2-4-5-3-1;;;/h9,12-13H,11H2,1-8H3;1-9H;1-5H;2*1H;/q-1;;-1;;;+2/p-2. The average molecular weight is 733 g/mol. The second kappa shape index (κ2) is 16.6. The van der Waals surface area contributed by atoms with Gasteiger partial charge in [-0.15, -0.1) is 16.7 Å². The molecule has 45 heavy (non-hydrogen) atoms. The molecule has 0 amide bonds. The molecule has 0 bridgehead atoms. The van der Waals surface area contributed by atoms with Crippen LogP contribution in [0.3, 0.4) is 0 Å². The summed E-state index contributed by atoms with van der Waals surface area (Å²) in [7, 11) is 0. The van der Waals surface area contributed by atoms with Gasteiger partial charge < -0.3 is 24.8 Å². The summed E-state index contributed by atoms with van der Waals surface area (Å²) in [5, 5.41) is 0.787. The van der Waals surface area contributed by atoms with Crippen molar-refractivity contribution in [2.75, 3.05) is 0 Å². The largest absolute Gasteiger partial charge is 1.00 e. The first-order valence-electron chi connectivity index (χ1n) is 15.0. The maximum atomic E-state index is 5.86. The molecule has 1 aliphatic carbocycles. The number of fused-ring (bicyclic) bond motifs is 3. The van der Waals surface area contributed by atoms with Gasteiger partial charge in [-0.2, -0.15) is 35.9 Å². The maximum Gasteiger partial charge on any atom is -0.172 e. The Labute approximate surface area is 304 Å². The van der Waals surface area contributed by atoms with Crippen molar-refractivity contribution in [1.82, 2.24) is 0 Å². The third-order valence-corrected chi connectivity index (χ3v) is 9.50. The molecule has 6 rings (SSSR count). The minimum Gasteiger partial charge on any atom is -1.00 e. The van der Waals surface area contributed by atoms with E-state index in [1.54, 1.807) is 0 Å². The first-order valence-corrected chi connectivity index (χ1v) is 16.6. The van der Waals surface area contributed by atoms with Gasteiger partial charge in [0.2, 0.25) is 0 Å². The van der Waals surface area contributed by atoms with Crippen molar-refractivity contribution in [2.45, 2.75) is 72.6 Å². The molecule has 0 nitrogen and oxygen atoms in total. The average Bonchev–Trinajstić information content (AvgIpc) is 3.63. The molecule has 0 fully saturated rings. The smallest absolute Gasteiger partial charge is 0.172 e. The molecule has 4 heteroatoms. The van der Waals surface area contributed by atoms with E-state index in [0.717, 1.165) is 11.4 Å². The van der Waals surface area contributed by atoms with Gasteiger partial charge in [0.05, 0.1) is 0 Å². The van der Waals surface area contributed by atoms with Crippen LogP contribution < -0.4 is 24.8 Å². The summed E-state index contributed by atoms with van der Waals surface area (Å²) in [5.41, 5.74) is 14.2. The van der Waals surface area contributed by atoms with Crippen LogP contribution in [0.15, 0.2) is 103 Å². The minimum atomic E-state index is 0. The second-order valence-corrected chi connectivity index (χ2v) is 15.1. The van der Waals surface area contributed by atoms with Gasteiger partial charge in [0.25, 0.3) is 0 Å². The molecule has 0 saturated heterocycles. The molecule has 0 saturated carbocycles. The Morgan fingerprint density at radius 1 is 0.711 bits per heavy atom. The van der Waals surface area contributed by atoms with Crippen molar-refractivity contribution in [2.24, 2.45) is 0 Å². The van der Waals surface area contributed by atoms with Crippen LogP contribution in [0.25, 0.3) is 11.1 Å². The Hall–Kier alpha value is -2.15. The van der Waals surface area contributed by atoms with E-state index in [0.29, 0.717) is 0 Å². The molecular weight excluding hydrogens is 690 g/mol. The second-order valence-electron chi connectivity index (χ2n) is 13.4.